The van der Waals surface area contributed by atoms with Crippen molar-refractivity contribution in [2.24, 2.45) is 0 Å². The van der Waals surface area contributed by atoms with Crippen molar-refractivity contribution in [1.82, 2.24) is 9.80 Å². The minimum Gasteiger partial charge on any atom is -0.389 e. The van der Waals surface area contributed by atoms with Crippen LogP contribution >= 0.6 is 0 Å². The van der Waals surface area contributed by atoms with Crippen LogP contribution in [0, 0.1) is 0 Å². The molecule has 6 heteroatoms. The highest BCUT2D eigenvalue weighted by molar-refractivity contribution is 4.70. The summed E-state index contributed by atoms with van der Waals surface area (Å²) in [7, 11) is 0. The van der Waals surface area contributed by atoms with E-state index < -0.39 is 12.2 Å². The summed E-state index contributed by atoms with van der Waals surface area (Å²) in [6, 6.07) is 0. The number of ether oxygens (including phenoxy) is 2. The van der Waals surface area contributed by atoms with Gasteiger partial charge >= 0.3 is 0 Å². The molecule has 0 aromatic rings. The van der Waals surface area contributed by atoms with Crippen molar-refractivity contribution in [3.63, 3.8) is 0 Å². The van der Waals surface area contributed by atoms with Crippen molar-refractivity contribution in [3.05, 3.63) is 0 Å². The molecular formula is C16H32N2O4. The van der Waals surface area contributed by atoms with Crippen LogP contribution < -0.4 is 0 Å². The third-order valence-corrected chi connectivity index (χ3v) is 4.33. The number of likely N-dealkylation sites (tertiary alicyclic amines) is 2. The second kappa shape index (κ2) is 10.5. The monoisotopic (exact) mass is 316 g/mol. The predicted octanol–water partition coefficient (Wildman–Crippen LogP) is -0.0670. The van der Waals surface area contributed by atoms with E-state index in [2.05, 4.69) is 9.80 Å². The molecule has 22 heavy (non-hydrogen) atoms. The molecule has 0 amide bonds. The second-order valence-electron chi connectivity index (χ2n) is 6.47. The van der Waals surface area contributed by atoms with Crippen LogP contribution in [0.4, 0.5) is 0 Å². The van der Waals surface area contributed by atoms with Crippen molar-refractivity contribution in [3.8, 4) is 0 Å². The maximum atomic E-state index is 9.86. The van der Waals surface area contributed by atoms with E-state index in [1.807, 2.05) is 0 Å². The molecule has 2 saturated heterocycles. The van der Waals surface area contributed by atoms with Gasteiger partial charge in [0.2, 0.25) is 0 Å². The Bertz CT molecular complexity index is 253. The first-order chi connectivity index (χ1) is 10.7. The second-order valence-corrected chi connectivity index (χ2v) is 6.47. The number of β-amino-alcohol motifs (C(OH)–C–C–N with tert-alkyl or cyclic N) is 2. The van der Waals surface area contributed by atoms with Crippen molar-refractivity contribution in [1.29, 1.82) is 0 Å². The van der Waals surface area contributed by atoms with E-state index in [1.165, 1.54) is 25.7 Å². The van der Waals surface area contributed by atoms with Gasteiger partial charge in [-0.15, -0.1) is 0 Å². The average Bonchev–Trinajstić information content (AvgIpc) is 3.16. The SMILES string of the molecule is OC(COCCOCC(O)CN1CCCC1)CN1CCCC1. The molecule has 0 aromatic carbocycles. The Hall–Kier alpha value is -0.240. The molecule has 2 heterocycles. The zero-order chi connectivity index (χ0) is 15.6. The molecule has 0 aliphatic carbocycles. The van der Waals surface area contributed by atoms with Gasteiger partial charge in [-0.3, -0.25) is 0 Å². The lowest BCUT2D eigenvalue weighted by Gasteiger charge is -2.20. The molecule has 0 spiro atoms. The highest BCUT2D eigenvalue weighted by atomic mass is 16.5. The van der Waals surface area contributed by atoms with Crippen LogP contribution in [0.25, 0.3) is 0 Å². The van der Waals surface area contributed by atoms with Gasteiger partial charge in [0.05, 0.1) is 38.6 Å². The first kappa shape index (κ1) is 18.1. The fourth-order valence-corrected chi connectivity index (χ4v) is 3.19. The Morgan fingerprint density at radius 3 is 1.41 bits per heavy atom. The fraction of sp³-hybridized carbons (Fsp3) is 1.00. The molecule has 2 N–H and O–H groups in total. The van der Waals surface area contributed by atoms with Crippen LogP contribution in [0.3, 0.4) is 0 Å². The molecular weight excluding hydrogens is 284 g/mol. The number of aliphatic hydroxyl groups excluding tert-OH is 2. The fourth-order valence-electron chi connectivity index (χ4n) is 3.19. The van der Waals surface area contributed by atoms with Gasteiger partial charge in [0.1, 0.15) is 0 Å². The van der Waals surface area contributed by atoms with E-state index in [-0.39, 0.29) is 0 Å². The first-order valence-electron chi connectivity index (χ1n) is 8.70. The standard InChI is InChI=1S/C16H32N2O4/c19-15(11-17-5-1-2-6-17)13-21-9-10-22-14-16(20)12-18-7-3-4-8-18/h15-16,19-20H,1-14H2. The van der Waals surface area contributed by atoms with E-state index in [0.717, 1.165) is 26.2 Å². The zero-order valence-corrected chi connectivity index (χ0v) is 13.7. The van der Waals surface area contributed by atoms with E-state index in [9.17, 15) is 10.2 Å². The Balaban J connectivity index is 1.38. The lowest BCUT2D eigenvalue weighted by atomic mass is 10.3. The topological polar surface area (TPSA) is 65.4 Å². The summed E-state index contributed by atoms with van der Waals surface area (Å²) in [6.45, 7) is 7.42. The number of hydrogen-bond acceptors (Lipinski definition) is 6. The molecule has 2 atom stereocenters. The van der Waals surface area contributed by atoms with Gasteiger partial charge in [-0.1, -0.05) is 0 Å². The van der Waals surface area contributed by atoms with Gasteiger partial charge in [-0.25, -0.2) is 0 Å². The minimum absolute atomic E-state index is 0.357. The summed E-state index contributed by atoms with van der Waals surface area (Å²) in [5.41, 5.74) is 0. The van der Waals surface area contributed by atoms with Crippen LogP contribution in [0.5, 0.6) is 0 Å². The molecule has 0 saturated carbocycles. The van der Waals surface area contributed by atoms with E-state index >= 15 is 0 Å². The summed E-state index contributed by atoms with van der Waals surface area (Å²) < 4.78 is 10.9. The van der Waals surface area contributed by atoms with Gasteiger partial charge in [0.25, 0.3) is 0 Å². The Labute approximate surface area is 134 Å². The summed E-state index contributed by atoms with van der Waals surface area (Å²) in [4.78, 5) is 4.55. The third-order valence-electron chi connectivity index (χ3n) is 4.33. The number of rotatable bonds is 11. The predicted molar refractivity (Wildman–Crippen MR) is 85.0 cm³/mol. The number of nitrogens with zero attached hydrogens (tertiary/aromatic N) is 2. The maximum Gasteiger partial charge on any atom is 0.0900 e. The molecule has 6 nitrogen and oxygen atoms in total. The maximum absolute atomic E-state index is 9.86. The van der Waals surface area contributed by atoms with Crippen molar-refractivity contribution < 1.29 is 19.7 Å². The van der Waals surface area contributed by atoms with E-state index in [1.54, 1.807) is 0 Å². The van der Waals surface area contributed by atoms with E-state index in [4.69, 9.17) is 9.47 Å². The molecule has 0 aromatic heterocycles. The summed E-state index contributed by atoms with van der Waals surface area (Å²) in [5, 5.41) is 19.7. The Kier molecular flexibility index (Phi) is 8.66. The molecule has 2 aliphatic heterocycles. The van der Waals surface area contributed by atoms with Crippen molar-refractivity contribution >= 4 is 0 Å². The molecule has 0 bridgehead atoms. The van der Waals surface area contributed by atoms with Gasteiger partial charge in [0.15, 0.2) is 0 Å². The van der Waals surface area contributed by atoms with Crippen LogP contribution in [0.15, 0.2) is 0 Å². The summed E-state index contributed by atoms with van der Waals surface area (Å²) in [6.07, 6.45) is 4.11. The molecule has 130 valence electrons. The largest absolute Gasteiger partial charge is 0.389 e. The first-order valence-corrected chi connectivity index (χ1v) is 8.70. The van der Waals surface area contributed by atoms with Crippen molar-refractivity contribution in [2.45, 2.75) is 37.9 Å². The number of aliphatic hydroxyl groups is 2. The quantitative estimate of drug-likeness (QED) is 0.520. The van der Waals surface area contributed by atoms with Crippen LogP contribution in [-0.2, 0) is 9.47 Å². The lowest BCUT2D eigenvalue weighted by Crippen LogP contribution is -2.34. The summed E-state index contributed by atoms with van der Waals surface area (Å²) in [5.74, 6) is 0. The van der Waals surface area contributed by atoms with Gasteiger partial charge < -0.3 is 29.5 Å². The average molecular weight is 316 g/mol. The molecule has 2 rings (SSSR count). The van der Waals surface area contributed by atoms with Gasteiger partial charge in [-0.2, -0.15) is 0 Å². The number of hydrogen-bond donors (Lipinski definition) is 2. The van der Waals surface area contributed by atoms with Crippen LogP contribution in [0.1, 0.15) is 25.7 Å². The van der Waals surface area contributed by atoms with E-state index in [0.29, 0.717) is 39.5 Å². The highest BCUT2D eigenvalue weighted by Gasteiger charge is 2.16. The smallest absolute Gasteiger partial charge is 0.0900 e. The lowest BCUT2D eigenvalue weighted by molar-refractivity contribution is -0.0262. The Morgan fingerprint density at radius 1 is 0.682 bits per heavy atom. The molecule has 2 unspecified atom stereocenters. The van der Waals surface area contributed by atoms with Gasteiger partial charge in [0, 0.05) is 13.1 Å². The summed E-state index contributed by atoms with van der Waals surface area (Å²) >= 11 is 0. The zero-order valence-electron chi connectivity index (χ0n) is 13.7. The van der Waals surface area contributed by atoms with Crippen molar-refractivity contribution in [2.75, 3.05) is 65.7 Å². The normalized spacial score (nSPS) is 23.2. The molecule has 2 aliphatic rings. The molecule has 0 radical (unpaired) electrons. The minimum atomic E-state index is -0.418. The Morgan fingerprint density at radius 2 is 1.05 bits per heavy atom. The molecule has 2 fully saturated rings. The highest BCUT2D eigenvalue weighted by Crippen LogP contribution is 2.08. The van der Waals surface area contributed by atoms with Crippen LogP contribution in [-0.4, -0.2) is 97.9 Å². The van der Waals surface area contributed by atoms with Crippen LogP contribution in [0.2, 0.25) is 0 Å². The van der Waals surface area contributed by atoms with Gasteiger partial charge in [-0.05, 0) is 51.9 Å². The third kappa shape index (κ3) is 7.35.